The zero-order valence-electron chi connectivity index (χ0n) is 10.7. The standard InChI is InChI=1S/C15H19FO2/c1-2-11-8-12(10-13(16)9-11)15(14(17)18)6-4-3-5-7-15/h8-10H,2-7H2,1H3,(H,17,18). The van der Waals surface area contributed by atoms with Gasteiger partial charge in [0.1, 0.15) is 5.82 Å². The Bertz CT molecular complexity index is 448. The van der Waals surface area contributed by atoms with Crippen LogP contribution in [0.2, 0.25) is 0 Å². The van der Waals surface area contributed by atoms with Crippen molar-refractivity contribution in [3.63, 3.8) is 0 Å². The number of aryl methyl sites for hydroxylation is 1. The number of hydrogen-bond donors (Lipinski definition) is 1. The highest BCUT2D eigenvalue weighted by molar-refractivity contribution is 5.81. The van der Waals surface area contributed by atoms with Crippen molar-refractivity contribution in [2.75, 3.05) is 0 Å². The van der Waals surface area contributed by atoms with Gasteiger partial charge in [0.05, 0.1) is 5.41 Å². The van der Waals surface area contributed by atoms with E-state index in [-0.39, 0.29) is 5.82 Å². The minimum Gasteiger partial charge on any atom is -0.481 e. The fourth-order valence-electron chi connectivity index (χ4n) is 2.91. The molecule has 1 aliphatic carbocycles. The van der Waals surface area contributed by atoms with E-state index in [2.05, 4.69) is 0 Å². The molecule has 1 fully saturated rings. The fraction of sp³-hybridized carbons (Fsp3) is 0.533. The maximum atomic E-state index is 13.6. The summed E-state index contributed by atoms with van der Waals surface area (Å²) in [6.07, 6.45) is 4.85. The molecular formula is C15H19FO2. The summed E-state index contributed by atoms with van der Waals surface area (Å²) in [6.45, 7) is 1.95. The van der Waals surface area contributed by atoms with E-state index in [1.807, 2.05) is 13.0 Å². The molecule has 3 heteroatoms. The smallest absolute Gasteiger partial charge is 0.314 e. The van der Waals surface area contributed by atoms with Crippen molar-refractivity contribution in [1.82, 2.24) is 0 Å². The number of hydrogen-bond acceptors (Lipinski definition) is 1. The molecule has 0 aliphatic heterocycles. The normalized spacial score (nSPS) is 18.6. The molecule has 0 atom stereocenters. The van der Waals surface area contributed by atoms with Gasteiger partial charge in [-0.05, 0) is 42.5 Å². The molecule has 0 spiro atoms. The third-order valence-electron chi connectivity index (χ3n) is 4.03. The molecule has 2 rings (SSSR count). The summed E-state index contributed by atoms with van der Waals surface area (Å²) in [6, 6.07) is 4.75. The molecule has 0 bridgehead atoms. The second-order valence-electron chi connectivity index (χ2n) is 5.15. The lowest BCUT2D eigenvalue weighted by Gasteiger charge is -2.34. The van der Waals surface area contributed by atoms with E-state index in [9.17, 15) is 14.3 Å². The molecule has 1 aromatic carbocycles. The zero-order chi connectivity index (χ0) is 13.2. The third-order valence-corrected chi connectivity index (χ3v) is 4.03. The van der Waals surface area contributed by atoms with Crippen LogP contribution < -0.4 is 0 Å². The largest absolute Gasteiger partial charge is 0.481 e. The first-order chi connectivity index (χ1) is 8.58. The van der Waals surface area contributed by atoms with Gasteiger partial charge in [-0.25, -0.2) is 4.39 Å². The van der Waals surface area contributed by atoms with E-state index in [1.54, 1.807) is 0 Å². The van der Waals surface area contributed by atoms with E-state index in [0.717, 1.165) is 31.2 Å². The molecule has 18 heavy (non-hydrogen) atoms. The number of carboxylic acid groups (broad SMARTS) is 1. The molecule has 2 nitrogen and oxygen atoms in total. The molecule has 1 saturated carbocycles. The molecular weight excluding hydrogens is 231 g/mol. The van der Waals surface area contributed by atoms with Crippen LogP contribution in [0.15, 0.2) is 18.2 Å². The van der Waals surface area contributed by atoms with Crippen LogP contribution >= 0.6 is 0 Å². The fourth-order valence-corrected chi connectivity index (χ4v) is 2.91. The van der Waals surface area contributed by atoms with E-state index in [4.69, 9.17) is 0 Å². The molecule has 0 saturated heterocycles. The predicted octanol–water partition coefficient (Wildman–Crippen LogP) is 3.67. The van der Waals surface area contributed by atoms with E-state index < -0.39 is 11.4 Å². The lowest BCUT2D eigenvalue weighted by molar-refractivity contribution is -0.145. The van der Waals surface area contributed by atoms with Crippen LogP contribution in [0.3, 0.4) is 0 Å². The van der Waals surface area contributed by atoms with Crippen molar-refractivity contribution in [1.29, 1.82) is 0 Å². The van der Waals surface area contributed by atoms with Crippen LogP contribution in [0.4, 0.5) is 4.39 Å². The Hall–Kier alpha value is -1.38. The summed E-state index contributed by atoms with van der Waals surface area (Å²) >= 11 is 0. The Kier molecular flexibility index (Phi) is 3.69. The average Bonchev–Trinajstić information content (AvgIpc) is 2.38. The summed E-state index contributed by atoms with van der Waals surface area (Å²) in [5.41, 5.74) is 0.646. The number of carbonyl (C=O) groups is 1. The van der Waals surface area contributed by atoms with Crippen molar-refractivity contribution in [3.8, 4) is 0 Å². The molecule has 0 amide bonds. The summed E-state index contributed by atoms with van der Waals surface area (Å²) in [5, 5.41) is 9.57. The van der Waals surface area contributed by atoms with E-state index in [1.165, 1.54) is 12.1 Å². The minimum atomic E-state index is -0.871. The number of halogens is 1. The second-order valence-corrected chi connectivity index (χ2v) is 5.15. The van der Waals surface area contributed by atoms with Crippen LogP contribution in [0.1, 0.15) is 50.2 Å². The molecule has 1 aliphatic rings. The van der Waals surface area contributed by atoms with Crippen molar-refractivity contribution in [3.05, 3.63) is 35.1 Å². The summed E-state index contributed by atoms with van der Waals surface area (Å²) in [5.74, 6) is -1.13. The molecule has 98 valence electrons. The number of aliphatic carboxylic acids is 1. The van der Waals surface area contributed by atoms with Crippen molar-refractivity contribution in [2.45, 2.75) is 50.9 Å². The van der Waals surface area contributed by atoms with Gasteiger partial charge in [0.15, 0.2) is 0 Å². The van der Waals surface area contributed by atoms with Gasteiger partial charge in [0.25, 0.3) is 0 Å². The highest BCUT2D eigenvalue weighted by Crippen LogP contribution is 2.40. The third kappa shape index (κ3) is 2.26. The monoisotopic (exact) mass is 250 g/mol. The molecule has 0 aromatic heterocycles. The topological polar surface area (TPSA) is 37.3 Å². The number of benzene rings is 1. The second kappa shape index (κ2) is 5.09. The lowest BCUT2D eigenvalue weighted by Crippen LogP contribution is -2.38. The summed E-state index contributed by atoms with van der Waals surface area (Å²) in [7, 11) is 0. The first-order valence-electron chi connectivity index (χ1n) is 6.62. The Labute approximate surface area is 107 Å². The first kappa shape index (κ1) is 13.1. The van der Waals surface area contributed by atoms with Crippen molar-refractivity contribution < 1.29 is 14.3 Å². The average molecular weight is 250 g/mol. The van der Waals surface area contributed by atoms with Crippen molar-refractivity contribution >= 4 is 5.97 Å². The Morgan fingerprint density at radius 1 is 1.28 bits per heavy atom. The van der Waals surface area contributed by atoms with Gasteiger partial charge in [0.2, 0.25) is 0 Å². The quantitative estimate of drug-likeness (QED) is 0.888. The Balaban J connectivity index is 2.48. The molecule has 0 unspecified atom stereocenters. The van der Waals surface area contributed by atoms with E-state index in [0.29, 0.717) is 18.4 Å². The van der Waals surface area contributed by atoms with Crippen LogP contribution in [-0.2, 0) is 16.6 Å². The van der Waals surface area contributed by atoms with Crippen LogP contribution in [0.25, 0.3) is 0 Å². The van der Waals surface area contributed by atoms with Gasteiger partial charge in [-0.1, -0.05) is 32.3 Å². The Morgan fingerprint density at radius 2 is 1.94 bits per heavy atom. The Morgan fingerprint density at radius 3 is 2.50 bits per heavy atom. The lowest BCUT2D eigenvalue weighted by atomic mass is 9.69. The van der Waals surface area contributed by atoms with Gasteiger partial charge >= 0.3 is 5.97 Å². The summed E-state index contributed by atoms with van der Waals surface area (Å²) < 4.78 is 13.6. The maximum Gasteiger partial charge on any atom is 0.314 e. The van der Waals surface area contributed by atoms with Gasteiger partial charge in [-0.3, -0.25) is 4.79 Å². The highest BCUT2D eigenvalue weighted by Gasteiger charge is 2.41. The molecule has 0 heterocycles. The molecule has 1 N–H and O–H groups in total. The van der Waals surface area contributed by atoms with Gasteiger partial charge < -0.3 is 5.11 Å². The predicted molar refractivity (Wildman–Crippen MR) is 68.2 cm³/mol. The SMILES string of the molecule is CCc1cc(F)cc(C2(C(=O)O)CCCCC2)c1. The number of carboxylic acids is 1. The first-order valence-corrected chi connectivity index (χ1v) is 6.62. The molecule has 1 aromatic rings. The maximum absolute atomic E-state index is 13.6. The van der Waals surface area contributed by atoms with Crippen LogP contribution in [0.5, 0.6) is 0 Å². The van der Waals surface area contributed by atoms with Gasteiger partial charge in [-0.2, -0.15) is 0 Å². The molecule has 0 radical (unpaired) electrons. The zero-order valence-corrected chi connectivity index (χ0v) is 10.7. The van der Waals surface area contributed by atoms with Crippen molar-refractivity contribution in [2.24, 2.45) is 0 Å². The van der Waals surface area contributed by atoms with Gasteiger partial charge in [-0.15, -0.1) is 0 Å². The van der Waals surface area contributed by atoms with Gasteiger partial charge in [0, 0.05) is 0 Å². The highest BCUT2D eigenvalue weighted by atomic mass is 19.1. The van der Waals surface area contributed by atoms with E-state index >= 15 is 0 Å². The van der Waals surface area contributed by atoms with Crippen LogP contribution in [-0.4, -0.2) is 11.1 Å². The number of rotatable bonds is 3. The summed E-state index contributed by atoms with van der Waals surface area (Å²) in [4.78, 5) is 11.7. The minimum absolute atomic E-state index is 0.324. The van der Waals surface area contributed by atoms with Crippen LogP contribution in [0, 0.1) is 5.82 Å².